The standard InChI is InChI=1S/C19H25FN4O2/c1-23-14-16(19(22-23)15-2-5-17(20)6-3-15)4-7-18(25)21-8-9-24-10-12-26-13-11-24/h2-3,5-6,14H,4,7-13H2,1H3,(H,21,25). The maximum absolute atomic E-state index is 13.1. The maximum Gasteiger partial charge on any atom is 0.220 e. The third-order valence-electron chi connectivity index (χ3n) is 4.50. The van der Waals surface area contributed by atoms with E-state index >= 15 is 0 Å². The van der Waals surface area contributed by atoms with Crippen molar-refractivity contribution in [2.75, 3.05) is 39.4 Å². The van der Waals surface area contributed by atoms with E-state index in [2.05, 4.69) is 15.3 Å². The van der Waals surface area contributed by atoms with Gasteiger partial charge in [0.05, 0.1) is 18.9 Å². The van der Waals surface area contributed by atoms with E-state index in [0.717, 1.165) is 49.7 Å². The smallest absolute Gasteiger partial charge is 0.220 e. The molecule has 0 saturated carbocycles. The van der Waals surface area contributed by atoms with Gasteiger partial charge in [0, 0.05) is 51.4 Å². The first-order valence-corrected chi connectivity index (χ1v) is 8.97. The van der Waals surface area contributed by atoms with Gasteiger partial charge < -0.3 is 10.1 Å². The minimum absolute atomic E-state index is 0.0344. The zero-order chi connectivity index (χ0) is 18.4. The lowest BCUT2D eigenvalue weighted by atomic mass is 10.0. The highest BCUT2D eigenvalue weighted by atomic mass is 19.1. The fourth-order valence-corrected chi connectivity index (χ4v) is 3.09. The third-order valence-corrected chi connectivity index (χ3v) is 4.50. The molecule has 0 unspecified atom stereocenters. The van der Waals surface area contributed by atoms with E-state index < -0.39 is 0 Å². The number of nitrogens with one attached hydrogen (secondary N) is 1. The minimum atomic E-state index is -0.272. The number of benzene rings is 1. The lowest BCUT2D eigenvalue weighted by molar-refractivity contribution is -0.121. The van der Waals surface area contributed by atoms with Crippen LogP contribution in [0.4, 0.5) is 4.39 Å². The summed E-state index contributed by atoms with van der Waals surface area (Å²) in [7, 11) is 1.85. The average molecular weight is 360 g/mol. The molecular weight excluding hydrogens is 335 g/mol. The Labute approximate surface area is 152 Å². The summed E-state index contributed by atoms with van der Waals surface area (Å²) in [5.41, 5.74) is 2.64. The highest BCUT2D eigenvalue weighted by Crippen LogP contribution is 2.23. The zero-order valence-corrected chi connectivity index (χ0v) is 15.1. The molecule has 6 nitrogen and oxygen atoms in total. The monoisotopic (exact) mass is 360 g/mol. The number of halogens is 1. The van der Waals surface area contributed by atoms with Crippen molar-refractivity contribution in [2.24, 2.45) is 7.05 Å². The Kier molecular flexibility index (Phi) is 6.35. The molecule has 1 N–H and O–H groups in total. The molecule has 0 aliphatic carbocycles. The number of nitrogens with zero attached hydrogens (tertiary/aromatic N) is 3. The summed E-state index contributed by atoms with van der Waals surface area (Å²) in [5.74, 6) is -0.238. The van der Waals surface area contributed by atoms with E-state index in [-0.39, 0.29) is 11.7 Å². The Bertz CT molecular complexity index is 724. The van der Waals surface area contributed by atoms with E-state index in [9.17, 15) is 9.18 Å². The van der Waals surface area contributed by atoms with Gasteiger partial charge in [0.2, 0.25) is 5.91 Å². The zero-order valence-electron chi connectivity index (χ0n) is 15.1. The van der Waals surface area contributed by atoms with E-state index in [0.29, 0.717) is 19.4 Å². The summed E-state index contributed by atoms with van der Waals surface area (Å²) in [5, 5.41) is 7.43. The van der Waals surface area contributed by atoms with Crippen molar-refractivity contribution >= 4 is 5.91 Å². The predicted octanol–water partition coefficient (Wildman–Crippen LogP) is 1.61. The number of morpholine rings is 1. The van der Waals surface area contributed by atoms with Gasteiger partial charge in [0.15, 0.2) is 0 Å². The lowest BCUT2D eigenvalue weighted by Crippen LogP contribution is -2.41. The number of carbonyl (C=O) groups is 1. The number of rotatable bonds is 7. The van der Waals surface area contributed by atoms with Crippen molar-refractivity contribution in [1.82, 2.24) is 20.0 Å². The van der Waals surface area contributed by atoms with Gasteiger partial charge in [-0.2, -0.15) is 5.10 Å². The van der Waals surface area contributed by atoms with Crippen LogP contribution in [0.3, 0.4) is 0 Å². The number of hydrogen-bond acceptors (Lipinski definition) is 4. The van der Waals surface area contributed by atoms with Crippen LogP contribution in [0.2, 0.25) is 0 Å². The second kappa shape index (κ2) is 8.91. The first-order valence-electron chi connectivity index (χ1n) is 8.97. The quantitative estimate of drug-likeness (QED) is 0.815. The molecule has 0 spiro atoms. The molecule has 3 rings (SSSR count). The number of ether oxygens (including phenoxy) is 1. The van der Waals surface area contributed by atoms with Crippen LogP contribution in [0.25, 0.3) is 11.3 Å². The Morgan fingerprint density at radius 2 is 2.00 bits per heavy atom. The molecular formula is C19H25FN4O2. The fourth-order valence-electron chi connectivity index (χ4n) is 3.09. The number of hydrogen-bond donors (Lipinski definition) is 1. The molecule has 1 amide bonds. The SMILES string of the molecule is Cn1cc(CCC(=O)NCCN2CCOCC2)c(-c2ccc(F)cc2)n1. The topological polar surface area (TPSA) is 59.4 Å². The Hall–Kier alpha value is -2.25. The Morgan fingerprint density at radius 1 is 1.27 bits per heavy atom. The van der Waals surface area contributed by atoms with Gasteiger partial charge >= 0.3 is 0 Å². The second-order valence-corrected chi connectivity index (χ2v) is 6.49. The van der Waals surface area contributed by atoms with Gasteiger partial charge in [-0.1, -0.05) is 0 Å². The van der Waals surface area contributed by atoms with Gasteiger partial charge in [-0.25, -0.2) is 4.39 Å². The largest absolute Gasteiger partial charge is 0.379 e. The van der Waals surface area contributed by atoms with Crippen LogP contribution in [-0.4, -0.2) is 60.0 Å². The van der Waals surface area contributed by atoms with E-state index in [1.807, 2.05) is 13.2 Å². The molecule has 2 heterocycles. The summed E-state index contributed by atoms with van der Waals surface area (Å²) in [4.78, 5) is 14.4. The van der Waals surface area contributed by atoms with Crippen molar-refractivity contribution < 1.29 is 13.9 Å². The van der Waals surface area contributed by atoms with Crippen molar-refractivity contribution in [3.8, 4) is 11.3 Å². The number of amides is 1. The summed E-state index contributed by atoms with van der Waals surface area (Å²) in [6.07, 6.45) is 2.92. The predicted molar refractivity (Wildman–Crippen MR) is 97.2 cm³/mol. The van der Waals surface area contributed by atoms with Crippen molar-refractivity contribution in [2.45, 2.75) is 12.8 Å². The second-order valence-electron chi connectivity index (χ2n) is 6.49. The number of aryl methyl sites for hydroxylation is 2. The highest BCUT2D eigenvalue weighted by molar-refractivity contribution is 5.76. The minimum Gasteiger partial charge on any atom is -0.379 e. The summed E-state index contributed by atoms with van der Waals surface area (Å²) >= 11 is 0. The van der Waals surface area contributed by atoms with E-state index in [4.69, 9.17) is 4.74 Å². The summed E-state index contributed by atoms with van der Waals surface area (Å²) in [6, 6.07) is 6.27. The van der Waals surface area contributed by atoms with Gasteiger partial charge in [-0.15, -0.1) is 0 Å². The number of carbonyl (C=O) groups excluding carboxylic acids is 1. The summed E-state index contributed by atoms with van der Waals surface area (Å²) < 4.78 is 20.2. The third kappa shape index (κ3) is 5.12. The van der Waals surface area contributed by atoms with Crippen LogP contribution in [0.1, 0.15) is 12.0 Å². The molecule has 1 saturated heterocycles. The van der Waals surface area contributed by atoms with Crippen LogP contribution in [0, 0.1) is 5.82 Å². The lowest BCUT2D eigenvalue weighted by Gasteiger charge is -2.26. The van der Waals surface area contributed by atoms with Gasteiger partial charge in [0.1, 0.15) is 5.82 Å². The van der Waals surface area contributed by atoms with Crippen LogP contribution in [-0.2, 0) is 23.0 Å². The molecule has 0 atom stereocenters. The number of aromatic nitrogens is 2. The van der Waals surface area contributed by atoms with Gasteiger partial charge in [0.25, 0.3) is 0 Å². The van der Waals surface area contributed by atoms with Crippen LogP contribution in [0.15, 0.2) is 30.5 Å². The van der Waals surface area contributed by atoms with Crippen molar-refractivity contribution in [3.63, 3.8) is 0 Å². The summed E-state index contributed by atoms with van der Waals surface area (Å²) in [6.45, 7) is 4.88. The van der Waals surface area contributed by atoms with Crippen LogP contribution in [0.5, 0.6) is 0 Å². The van der Waals surface area contributed by atoms with Gasteiger partial charge in [-0.3, -0.25) is 14.4 Å². The first-order chi connectivity index (χ1) is 12.6. The van der Waals surface area contributed by atoms with E-state index in [1.54, 1.807) is 16.8 Å². The van der Waals surface area contributed by atoms with E-state index in [1.165, 1.54) is 12.1 Å². The molecule has 2 aromatic rings. The average Bonchev–Trinajstić information content (AvgIpc) is 3.02. The molecule has 1 aliphatic heterocycles. The first kappa shape index (κ1) is 18.5. The Morgan fingerprint density at radius 3 is 2.73 bits per heavy atom. The molecule has 0 bridgehead atoms. The highest BCUT2D eigenvalue weighted by Gasteiger charge is 2.13. The molecule has 1 fully saturated rings. The Balaban J connectivity index is 1.49. The normalized spacial score (nSPS) is 15.2. The maximum atomic E-state index is 13.1. The molecule has 7 heteroatoms. The molecule has 0 radical (unpaired) electrons. The molecule has 1 aromatic heterocycles. The molecule has 26 heavy (non-hydrogen) atoms. The van der Waals surface area contributed by atoms with Gasteiger partial charge in [-0.05, 0) is 36.2 Å². The fraction of sp³-hybridized carbons (Fsp3) is 0.474. The molecule has 140 valence electrons. The van der Waals surface area contributed by atoms with Crippen LogP contribution >= 0.6 is 0 Å². The van der Waals surface area contributed by atoms with Crippen molar-refractivity contribution in [3.05, 3.63) is 41.8 Å². The molecule has 1 aromatic carbocycles. The van der Waals surface area contributed by atoms with Crippen LogP contribution < -0.4 is 5.32 Å². The molecule has 1 aliphatic rings. The van der Waals surface area contributed by atoms with Crippen molar-refractivity contribution in [1.29, 1.82) is 0 Å².